The number of hydrogen-bond acceptors (Lipinski definition) is 3. The van der Waals surface area contributed by atoms with Crippen molar-refractivity contribution in [3.05, 3.63) is 330 Å². The third-order valence-corrected chi connectivity index (χ3v) is 16.8. The van der Waals surface area contributed by atoms with Gasteiger partial charge in [0.25, 0.3) is 0 Å². The lowest BCUT2D eigenvalue weighted by atomic mass is 9.66. The van der Waals surface area contributed by atoms with Crippen LogP contribution in [0.5, 0.6) is 23.0 Å². The standard InChI is InChI=1S/C74H47NO2/c1-2-19-48(20-3-1)49-39-43-52(44-40-49)75(53-45-41-50(42-46-53)55-25-17-33-65-71(55)57-23-4-6-27-59(57)73(65)61-29-8-12-35-67(61)76-68-36-13-9-30-62(68)73)54-22-16-21-51(47-54)56-26-18-34-66-72(56)58-24-5-7-28-60(58)74(66)63-31-10-14-37-69(63)77-70-38-15-11-32-64(70)74/h1-47H. The molecule has 0 N–H and O–H groups in total. The molecule has 2 aliphatic heterocycles. The van der Waals surface area contributed by atoms with Crippen LogP contribution in [0, 0.1) is 0 Å². The Bertz CT molecular complexity index is 4250. The van der Waals surface area contributed by atoms with E-state index in [-0.39, 0.29) is 0 Å². The summed E-state index contributed by atoms with van der Waals surface area (Å²) in [6.07, 6.45) is 0. The van der Waals surface area contributed by atoms with E-state index in [1.54, 1.807) is 0 Å². The number of benzene rings is 12. The SMILES string of the molecule is c1ccc(-c2ccc(N(c3ccc(-c4cccc5c4-c4ccccc4C54c5ccccc5Oc5ccccc54)cc3)c3cccc(-c4cccc5c4-c4ccccc4C54c5ccccc5Oc5ccccc54)c3)cc2)cc1. The summed E-state index contributed by atoms with van der Waals surface area (Å²) in [6.45, 7) is 0. The zero-order valence-electron chi connectivity index (χ0n) is 41.9. The predicted octanol–water partition coefficient (Wildman–Crippen LogP) is 19.1. The number of anilines is 3. The fraction of sp³-hybridized carbons (Fsp3) is 0.0270. The maximum absolute atomic E-state index is 6.67. The molecule has 360 valence electrons. The summed E-state index contributed by atoms with van der Waals surface area (Å²) in [6, 6.07) is 104. The minimum atomic E-state index is -0.555. The van der Waals surface area contributed by atoms with E-state index in [2.05, 4.69) is 290 Å². The van der Waals surface area contributed by atoms with Crippen molar-refractivity contribution in [1.29, 1.82) is 0 Å². The number of para-hydroxylation sites is 4. The zero-order chi connectivity index (χ0) is 50.7. The van der Waals surface area contributed by atoms with Crippen molar-refractivity contribution in [2.24, 2.45) is 0 Å². The molecule has 0 bridgehead atoms. The zero-order valence-corrected chi connectivity index (χ0v) is 41.9. The number of fused-ring (bicyclic) bond motifs is 18. The van der Waals surface area contributed by atoms with Gasteiger partial charge in [0.15, 0.2) is 0 Å². The fourth-order valence-electron chi connectivity index (χ4n) is 13.8. The molecule has 3 heteroatoms. The van der Waals surface area contributed by atoms with Crippen LogP contribution in [0.2, 0.25) is 0 Å². The Morgan fingerprint density at radius 2 is 0.558 bits per heavy atom. The second-order valence-electron chi connectivity index (χ2n) is 20.6. The number of nitrogens with zero attached hydrogens (tertiary/aromatic N) is 1. The summed E-state index contributed by atoms with van der Waals surface area (Å²) < 4.78 is 13.3. The van der Waals surface area contributed by atoms with E-state index in [4.69, 9.17) is 9.47 Å². The minimum absolute atomic E-state index is 0.539. The van der Waals surface area contributed by atoms with Gasteiger partial charge in [0.05, 0.1) is 10.8 Å². The molecule has 0 aromatic heterocycles. The van der Waals surface area contributed by atoms with Gasteiger partial charge < -0.3 is 14.4 Å². The van der Waals surface area contributed by atoms with Crippen molar-refractivity contribution in [3.63, 3.8) is 0 Å². The molecule has 2 spiro atoms. The van der Waals surface area contributed by atoms with Crippen molar-refractivity contribution in [1.82, 2.24) is 0 Å². The largest absolute Gasteiger partial charge is 0.457 e. The summed E-state index contributed by atoms with van der Waals surface area (Å²) in [5.41, 5.74) is 23.9. The van der Waals surface area contributed by atoms with Crippen LogP contribution < -0.4 is 14.4 Å². The van der Waals surface area contributed by atoms with Gasteiger partial charge >= 0.3 is 0 Å². The van der Waals surface area contributed by atoms with Crippen LogP contribution in [0.25, 0.3) is 55.6 Å². The first-order chi connectivity index (χ1) is 38.2. The molecule has 2 aliphatic carbocycles. The molecule has 0 saturated heterocycles. The van der Waals surface area contributed by atoms with Crippen LogP contribution >= 0.6 is 0 Å². The molecule has 0 atom stereocenters. The molecular formula is C74H47NO2. The lowest BCUT2D eigenvalue weighted by molar-refractivity contribution is 0.436. The molecule has 0 saturated carbocycles. The van der Waals surface area contributed by atoms with Gasteiger partial charge in [-0.15, -0.1) is 0 Å². The quantitative estimate of drug-likeness (QED) is 0.166. The van der Waals surface area contributed by atoms with Crippen molar-refractivity contribution in [3.8, 4) is 78.6 Å². The van der Waals surface area contributed by atoms with E-state index in [9.17, 15) is 0 Å². The molecule has 77 heavy (non-hydrogen) atoms. The highest BCUT2D eigenvalue weighted by atomic mass is 16.5. The van der Waals surface area contributed by atoms with E-state index >= 15 is 0 Å². The Morgan fingerprint density at radius 1 is 0.221 bits per heavy atom. The highest BCUT2D eigenvalue weighted by Gasteiger charge is 2.53. The molecule has 3 nitrogen and oxygen atoms in total. The molecule has 0 radical (unpaired) electrons. The molecular weight excluding hydrogens is 935 g/mol. The first-order valence-corrected chi connectivity index (χ1v) is 26.6. The third-order valence-electron chi connectivity index (χ3n) is 16.8. The lowest BCUT2D eigenvalue weighted by Crippen LogP contribution is -2.32. The first-order valence-electron chi connectivity index (χ1n) is 26.6. The molecule has 4 aliphatic rings. The molecule has 16 rings (SSSR count). The third kappa shape index (κ3) is 6.14. The minimum Gasteiger partial charge on any atom is -0.457 e. The number of rotatable bonds is 6. The first kappa shape index (κ1) is 43.4. The van der Waals surface area contributed by atoms with E-state index in [0.717, 1.165) is 73.4 Å². The fourth-order valence-corrected chi connectivity index (χ4v) is 13.8. The second-order valence-corrected chi connectivity index (χ2v) is 20.6. The second kappa shape index (κ2) is 16.8. The van der Waals surface area contributed by atoms with Crippen LogP contribution in [-0.4, -0.2) is 0 Å². The van der Waals surface area contributed by atoms with E-state index < -0.39 is 10.8 Å². The van der Waals surface area contributed by atoms with Gasteiger partial charge in [-0.25, -0.2) is 0 Å². The monoisotopic (exact) mass is 981 g/mol. The summed E-state index contributed by atoms with van der Waals surface area (Å²) in [5, 5.41) is 0. The Labute approximate surface area is 448 Å². The predicted molar refractivity (Wildman–Crippen MR) is 312 cm³/mol. The number of hydrogen-bond donors (Lipinski definition) is 0. The van der Waals surface area contributed by atoms with Crippen molar-refractivity contribution < 1.29 is 9.47 Å². The van der Waals surface area contributed by atoms with Crippen molar-refractivity contribution in [2.75, 3.05) is 4.90 Å². The normalized spacial score (nSPS) is 13.9. The van der Waals surface area contributed by atoms with Crippen molar-refractivity contribution in [2.45, 2.75) is 10.8 Å². The van der Waals surface area contributed by atoms with Crippen LogP contribution in [0.3, 0.4) is 0 Å². The van der Waals surface area contributed by atoms with Gasteiger partial charge in [0.1, 0.15) is 23.0 Å². The molecule has 12 aromatic carbocycles. The molecule has 2 heterocycles. The number of ether oxygens (including phenoxy) is 2. The van der Waals surface area contributed by atoms with Gasteiger partial charge in [-0.3, -0.25) is 0 Å². The van der Waals surface area contributed by atoms with Gasteiger partial charge in [-0.05, 0) is 139 Å². The summed E-state index contributed by atoms with van der Waals surface area (Å²) >= 11 is 0. The molecule has 12 aromatic rings. The molecule has 0 unspecified atom stereocenters. The van der Waals surface area contributed by atoms with Gasteiger partial charge in [-0.1, -0.05) is 224 Å². The average Bonchev–Trinajstić information content (AvgIpc) is 4.15. The smallest absolute Gasteiger partial charge is 0.132 e. The summed E-state index contributed by atoms with van der Waals surface area (Å²) in [7, 11) is 0. The Kier molecular flexibility index (Phi) is 9.47. The molecule has 0 amide bonds. The van der Waals surface area contributed by atoms with Crippen molar-refractivity contribution >= 4 is 17.1 Å². The highest BCUT2D eigenvalue weighted by molar-refractivity contribution is 5.99. The van der Waals surface area contributed by atoms with Crippen LogP contribution in [-0.2, 0) is 10.8 Å². The Hall–Kier alpha value is -9.96. The molecule has 0 fully saturated rings. The van der Waals surface area contributed by atoms with E-state index in [1.165, 1.54) is 66.8 Å². The topological polar surface area (TPSA) is 21.7 Å². The average molecular weight is 982 g/mol. The van der Waals surface area contributed by atoms with Crippen LogP contribution in [0.1, 0.15) is 44.5 Å². The van der Waals surface area contributed by atoms with Gasteiger partial charge in [-0.2, -0.15) is 0 Å². The van der Waals surface area contributed by atoms with E-state index in [1.807, 2.05) is 0 Å². The lowest BCUT2D eigenvalue weighted by Gasteiger charge is -2.39. The van der Waals surface area contributed by atoms with Gasteiger partial charge in [0, 0.05) is 39.3 Å². The maximum Gasteiger partial charge on any atom is 0.132 e. The van der Waals surface area contributed by atoms with Crippen LogP contribution in [0.4, 0.5) is 17.1 Å². The summed E-state index contributed by atoms with van der Waals surface area (Å²) in [5.74, 6) is 3.57. The maximum atomic E-state index is 6.67. The highest BCUT2D eigenvalue weighted by Crippen LogP contribution is 2.65. The van der Waals surface area contributed by atoms with Gasteiger partial charge in [0.2, 0.25) is 0 Å². The Morgan fingerprint density at radius 3 is 1.04 bits per heavy atom. The van der Waals surface area contributed by atoms with E-state index in [0.29, 0.717) is 0 Å². The summed E-state index contributed by atoms with van der Waals surface area (Å²) in [4.78, 5) is 2.40. The van der Waals surface area contributed by atoms with Crippen LogP contribution in [0.15, 0.2) is 285 Å². The Balaban J connectivity index is 0.851.